The van der Waals surface area contributed by atoms with E-state index in [9.17, 15) is 5.48 Å². The van der Waals surface area contributed by atoms with Gasteiger partial charge in [-0.2, -0.15) is 0 Å². The van der Waals surface area contributed by atoms with Gasteiger partial charge in [0, 0.05) is 16.8 Å². The molecule has 0 saturated carbocycles. The van der Waals surface area contributed by atoms with Crippen LogP contribution >= 0.6 is 0 Å². The van der Waals surface area contributed by atoms with Crippen molar-refractivity contribution in [3.05, 3.63) is 121 Å². The summed E-state index contributed by atoms with van der Waals surface area (Å²) < 4.78 is 146. The second kappa shape index (κ2) is 9.47. The summed E-state index contributed by atoms with van der Waals surface area (Å²) in [5.41, 5.74) is -4.03. The Morgan fingerprint density at radius 2 is 1.21 bits per heavy atom. The van der Waals surface area contributed by atoms with Gasteiger partial charge in [0.05, 0.1) is 37.5 Å². The maximum Gasteiger partial charge on any atom is 0.494 e. The Hall–Kier alpha value is -3.86. The average molecular weight is 513 g/mol. The van der Waals surface area contributed by atoms with E-state index >= 15 is 0 Å². The highest BCUT2D eigenvalue weighted by molar-refractivity contribution is 6.62. The Kier molecular flexibility index (Phi) is 3.19. The highest BCUT2D eigenvalue weighted by atomic mass is 16.7. The van der Waals surface area contributed by atoms with Crippen LogP contribution in [0.3, 0.4) is 0 Å². The van der Waals surface area contributed by atoms with Crippen LogP contribution in [0.2, 0.25) is 0 Å². The molecule has 0 aliphatic carbocycles. The molecular weight excluding hydrogens is 465 g/mol. The Bertz CT molecular complexity index is 2310. The SMILES string of the molecule is [2H]c1c([2H])c(N(c2c([2H])c([2H])c(-c3ccccc3)c([2H])c2[2H])c2c([2H])c([2H])c([2H])c3c([2H])c([2H])c([2H])c([2H])c23)c([2H])c([2H])c1B1OC(C)(C)C(C)(C)O1. The highest BCUT2D eigenvalue weighted by Gasteiger charge is 2.51. The van der Waals surface area contributed by atoms with Gasteiger partial charge in [0.2, 0.25) is 0 Å². The van der Waals surface area contributed by atoms with Gasteiger partial charge < -0.3 is 14.2 Å². The van der Waals surface area contributed by atoms with Crippen molar-refractivity contribution in [1.82, 2.24) is 0 Å². The van der Waals surface area contributed by atoms with E-state index in [4.69, 9.17) is 24.4 Å². The van der Waals surface area contributed by atoms with Crippen molar-refractivity contribution in [3.8, 4) is 11.1 Å². The predicted molar refractivity (Wildman–Crippen MR) is 160 cm³/mol. The van der Waals surface area contributed by atoms with E-state index in [1.807, 2.05) is 0 Å². The van der Waals surface area contributed by atoms with E-state index in [0.717, 1.165) is 0 Å². The lowest BCUT2D eigenvalue weighted by Gasteiger charge is -2.32. The number of nitrogens with zero attached hydrogens (tertiary/aromatic N) is 1. The lowest BCUT2D eigenvalue weighted by molar-refractivity contribution is 0.00578. The molecule has 0 atom stereocenters. The van der Waals surface area contributed by atoms with Crippen molar-refractivity contribution in [2.24, 2.45) is 0 Å². The smallest absolute Gasteiger partial charge is 0.399 e. The van der Waals surface area contributed by atoms with E-state index in [-0.39, 0.29) is 11.0 Å². The quantitative estimate of drug-likeness (QED) is 0.221. The second-order valence-corrected chi connectivity index (χ2v) is 9.75. The summed E-state index contributed by atoms with van der Waals surface area (Å²) in [5.74, 6) is 0. The summed E-state index contributed by atoms with van der Waals surface area (Å²) in [6.07, 6.45) is 0. The lowest BCUT2D eigenvalue weighted by atomic mass is 9.79. The first-order valence-electron chi connectivity index (χ1n) is 19.5. The fourth-order valence-corrected chi connectivity index (χ4v) is 3.98. The van der Waals surface area contributed by atoms with Gasteiger partial charge in [0.25, 0.3) is 0 Å². The number of hydrogen-bond donors (Lipinski definition) is 0. The molecule has 0 aromatic heterocycles. The number of rotatable bonds is 5. The molecule has 4 heteroatoms. The summed E-state index contributed by atoms with van der Waals surface area (Å²) in [7, 11) is -1.37. The van der Waals surface area contributed by atoms with Gasteiger partial charge in [-0.1, -0.05) is 90.8 Å². The molecular formula is C34H32BNO2. The molecule has 0 bridgehead atoms. The van der Waals surface area contributed by atoms with Crippen LogP contribution in [0, 0.1) is 0 Å². The van der Waals surface area contributed by atoms with E-state index in [0.29, 0.717) is 10.5 Å². The van der Waals surface area contributed by atoms with Crippen LogP contribution in [0.5, 0.6) is 0 Å². The molecule has 188 valence electrons. The fourth-order valence-electron chi connectivity index (χ4n) is 3.98. The molecule has 0 amide bonds. The monoisotopic (exact) mass is 512 g/mol. The van der Waals surface area contributed by atoms with Crippen molar-refractivity contribution in [1.29, 1.82) is 0 Å². The molecule has 5 aromatic rings. The van der Waals surface area contributed by atoms with Crippen molar-refractivity contribution in [2.75, 3.05) is 4.90 Å². The molecule has 0 spiro atoms. The molecule has 0 radical (unpaired) electrons. The molecule has 0 unspecified atom stereocenters. The zero-order valence-electron chi connectivity index (χ0n) is 36.2. The van der Waals surface area contributed by atoms with Crippen LogP contribution in [0.4, 0.5) is 17.1 Å². The largest absolute Gasteiger partial charge is 0.494 e. The van der Waals surface area contributed by atoms with Crippen molar-refractivity contribution >= 4 is 40.4 Å². The lowest BCUT2D eigenvalue weighted by Crippen LogP contribution is -2.41. The normalized spacial score (nSPS) is 21.6. The zero-order chi connectivity index (χ0) is 39.4. The minimum absolute atomic E-state index is 0.111. The second-order valence-electron chi connectivity index (χ2n) is 9.75. The van der Waals surface area contributed by atoms with Gasteiger partial charge in [0.15, 0.2) is 0 Å². The van der Waals surface area contributed by atoms with Crippen LogP contribution in [-0.4, -0.2) is 18.3 Å². The van der Waals surface area contributed by atoms with Crippen LogP contribution in [0.15, 0.2) is 121 Å². The molecule has 5 aromatic carbocycles. The molecule has 1 aliphatic rings. The molecule has 1 saturated heterocycles. The van der Waals surface area contributed by atoms with Crippen LogP contribution < -0.4 is 10.4 Å². The first kappa shape index (κ1) is 12.8. The van der Waals surface area contributed by atoms with Crippen molar-refractivity contribution in [3.63, 3.8) is 0 Å². The minimum Gasteiger partial charge on any atom is -0.399 e. The highest BCUT2D eigenvalue weighted by Crippen LogP contribution is 2.40. The average Bonchev–Trinajstić information content (AvgIpc) is 3.32. The summed E-state index contributed by atoms with van der Waals surface area (Å²) in [4.78, 5) is 0.715. The predicted octanol–water partition coefficient (Wildman–Crippen LogP) is 8.28. The summed E-state index contributed by atoms with van der Waals surface area (Å²) >= 11 is 0. The van der Waals surface area contributed by atoms with Crippen molar-refractivity contribution < 1.29 is 29.9 Å². The molecule has 6 rings (SSSR count). The Morgan fingerprint density at radius 3 is 1.87 bits per heavy atom. The number of anilines is 3. The number of benzene rings is 5. The topological polar surface area (TPSA) is 21.7 Å². The molecule has 3 nitrogen and oxygen atoms in total. The van der Waals surface area contributed by atoms with Gasteiger partial charge in [-0.3, -0.25) is 0 Å². The summed E-state index contributed by atoms with van der Waals surface area (Å²) in [5, 5.41) is -1.06. The molecule has 1 heterocycles. The Balaban J connectivity index is 1.82. The summed E-state index contributed by atoms with van der Waals surface area (Å²) in [6.45, 7) is 6.94. The Labute approximate surface area is 246 Å². The number of hydrogen-bond acceptors (Lipinski definition) is 3. The zero-order valence-corrected chi connectivity index (χ0v) is 21.2. The van der Waals surface area contributed by atoms with E-state index < -0.39 is 137 Å². The minimum atomic E-state index is -1.37. The van der Waals surface area contributed by atoms with E-state index in [1.54, 1.807) is 58.0 Å². The van der Waals surface area contributed by atoms with Gasteiger partial charge in [0.1, 0.15) is 0 Å². The maximum absolute atomic E-state index is 9.28. The van der Waals surface area contributed by atoms with E-state index in [1.165, 1.54) is 0 Å². The fraction of sp³-hybridized carbons (Fsp3) is 0.176. The molecule has 38 heavy (non-hydrogen) atoms. The first-order chi connectivity index (χ1) is 24.6. The summed E-state index contributed by atoms with van der Waals surface area (Å²) in [6, 6.07) is -3.07. The van der Waals surface area contributed by atoms with Crippen LogP contribution in [-0.2, 0) is 9.31 Å². The molecule has 1 fully saturated rings. The third-order valence-corrected chi connectivity index (χ3v) is 6.76. The molecule has 0 N–H and O–H groups in total. The standard InChI is InChI=1S/C34H32BNO2/c1-33(2)34(3,4)38-35(37-33)28-19-23-30(24-20-28)36(32-16-10-14-27-13-8-9-15-31(27)32)29-21-17-26(18-22-29)25-11-6-5-7-12-25/h5-24H,1-4H3/i8D,9D,10D,13D,14D,15D,16D,17D,18D,19D,20D,21D,22D,23D,24D. The van der Waals surface area contributed by atoms with Crippen LogP contribution in [0.25, 0.3) is 21.9 Å². The molecule has 1 aliphatic heterocycles. The van der Waals surface area contributed by atoms with Gasteiger partial charge in [-0.25, -0.2) is 0 Å². The van der Waals surface area contributed by atoms with Gasteiger partial charge in [-0.05, 0) is 79.9 Å². The van der Waals surface area contributed by atoms with Crippen LogP contribution in [0.1, 0.15) is 48.3 Å². The third-order valence-electron chi connectivity index (χ3n) is 6.76. The van der Waals surface area contributed by atoms with Gasteiger partial charge in [-0.15, -0.1) is 0 Å². The van der Waals surface area contributed by atoms with Crippen molar-refractivity contribution in [2.45, 2.75) is 38.9 Å². The van der Waals surface area contributed by atoms with Gasteiger partial charge >= 0.3 is 7.12 Å². The first-order valence-corrected chi connectivity index (χ1v) is 12.0. The Morgan fingerprint density at radius 1 is 0.632 bits per heavy atom. The third kappa shape index (κ3) is 4.40. The maximum atomic E-state index is 9.28. The number of fused-ring (bicyclic) bond motifs is 1. The van der Waals surface area contributed by atoms with E-state index in [2.05, 4.69) is 0 Å².